The SMILES string of the molecule is Cc1nnc(-c2cc(C=O)c(F)nc2F)s1. The van der Waals surface area contributed by atoms with Crippen LogP contribution in [0.3, 0.4) is 0 Å². The van der Waals surface area contributed by atoms with Crippen molar-refractivity contribution < 1.29 is 13.6 Å². The standard InChI is InChI=1S/C9H5F2N3OS/c1-4-13-14-9(16-4)6-2-5(3-15)7(10)12-8(6)11/h2-3H,1H3. The number of aromatic nitrogens is 3. The van der Waals surface area contributed by atoms with Crippen LogP contribution in [0.1, 0.15) is 15.4 Å². The average molecular weight is 241 g/mol. The normalized spacial score (nSPS) is 10.4. The molecule has 0 saturated heterocycles. The Balaban J connectivity index is 2.60. The average Bonchev–Trinajstić information content (AvgIpc) is 2.65. The first-order valence-corrected chi connectivity index (χ1v) is 5.05. The Kier molecular flexibility index (Phi) is 2.69. The number of aldehydes is 1. The summed E-state index contributed by atoms with van der Waals surface area (Å²) >= 11 is 1.14. The van der Waals surface area contributed by atoms with Crippen LogP contribution in [0.2, 0.25) is 0 Å². The van der Waals surface area contributed by atoms with E-state index in [1.54, 1.807) is 6.92 Å². The highest BCUT2D eigenvalue weighted by atomic mass is 32.1. The number of carbonyl (C=O) groups excluding carboxylic acids is 1. The fourth-order valence-corrected chi connectivity index (χ4v) is 1.82. The third-order valence-corrected chi connectivity index (χ3v) is 2.71. The molecule has 0 radical (unpaired) electrons. The van der Waals surface area contributed by atoms with E-state index in [9.17, 15) is 13.6 Å². The van der Waals surface area contributed by atoms with Crippen LogP contribution in [-0.4, -0.2) is 21.5 Å². The molecule has 0 N–H and O–H groups in total. The minimum atomic E-state index is -1.13. The summed E-state index contributed by atoms with van der Waals surface area (Å²) in [6.45, 7) is 1.71. The van der Waals surface area contributed by atoms with Gasteiger partial charge in [0, 0.05) is 0 Å². The second-order valence-corrected chi connectivity index (χ2v) is 4.13. The molecule has 0 aliphatic carbocycles. The van der Waals surface area contributed by atoms with Gasteiger partial charge in [0.1, 0.15) is 5.01 Å². The summed E-state index contributed by atoms with van der Waals surface area (Å²) < 4.78 is 26.3. The lowest BCUT2D eigenvalue weighted by atomic mass is 10.2. The molecule has 7 heteroatoms. The lowest BCUT2D eigenvalue weighted by Crippen LogP contribution is -1.98. The molecule has 0 atom stereocenters. The zero-order valence-corrected chi connectivity index (χ0v) is 8.89. The number of halogens is 2. The minimum absolute atomic E-state index is 0.0194. The fourth-order valence-electron chi connectivity index (χ4n) is 1.12. The number of rotatable bonds is 2. The first kappa shape index (κ1) is 10.7. The van der Waals surface area contributed by atoms with E-state index in [0.29, 0.717) is 5.01 Å². The maximum atomic E-state index is 13.3. The Morgan fingerprint density at radius 3 is 2.62 bits per heavy atom. The lowest BCUT2D eigenvalue weighted by molar-refractivity contribution is 0.111. The molecule has 0 aliphatic heterocycles. The van der Waals surface area contributed by atoms with Gasteiger partial charge in [0.2, 0.25) is 11.9 Å². The molecule has 0 saturated carbocycles. The van der Waals surface area contributed by atoms with Gasteiger partial charge in [-0.2, -0.15) is 13.8 Å². The van der Waals surface area contributed by atoms with Crippen molar-refractivity contribution in [1.82, 2.24) is 15.2 Å². The highest BCUT2D eigenvalue weighted by Gasteiger charge is 2.15. The van der Waals surface area contributed by atoms with E-state index in [1.807, 2.05) is 0 Å². The smallest absolute Gasteiger partial charge is 0.226 e. The van der Waals surface area contributed by atoms with Crippen molar-refractivity contribution in [3.8, 4) is 10.6 Å². The maximum absolute atomic E-state index is 13.3. The summed E-state index contributed by atoms with van der Waals surface area (Å²) in [6.07, 6.45) is 0.277. The Labute approximate surface area is 93.0 Å². The molecule has 0 amide bonds. The van der Waals surface area contributed by atoms with E-state index in [-0.39, 0.29) is 22.4 Å². The summed E-state index contributed by atoms with van der Waals surface area (Å²) in [5.41, 5.74) is -0.321. The van der Waals surface area contributed by atoms with Crippen LogP contribution < -0.4 is 0 Å². The molecule has 2 heterocycles. The number of nitrogens with zero attached hydrogens (tertiary/aromatic N) is 3. The summed E-state index contributed by atoms with van der Waals surface area (Å²) in [4.78, 5) is 13.5. The van der Waals surface area contributed by atoms with E-state index in [2.05, 4.69) is 15.2 Å². The van der Waals surface area contributed by atoms with E-state index in [0.717, 1.165) is 17.4 Å². The summed E-state index contributed by atoms with van der Waals surface area (Å²) in [5, 5.41) is 8.32. The van der Waals surface area contributed by atoms with Crippen LogP contribution in [0.15, 0.2) is 6.07 Å². The Hall–Kier alpha value is -1.76. The number of hydrogen-bond acceptors (Lipinski definition) is 5. The molecule has 2 aromatic heterocycles. The molecule has 16 heavy (non-hydrogen) atoms. The van der Waals surface area contributed by atoms with Crippen molar-refractivity contribution in [2.45, 2.75) is 6.92 Å². The van der Waals surface area contributed by atoms with Gasteiger partial charge in [-0.15, -0.1) is 10.2 Å². The number of pyridine rings is 1. The van der Waals surface area contributed by atoms with Gasteiger partial charge in [-0.25, -0.2) is 0 Å². The molecule has 82 valence electrons. The van der Waals surface area contributed by atoms with Crippen LogP contribution in [0.25, 0.3) is 10.6 Å². The quantitative estimate of drug-likeness (QED) is 0.596. The van der Waals surface area contributed by atoms with Gasteiger partial charge in [-0.05, 0) is 13.0 Å². The van der Waals surface area contributed by atoms with Crippen molar-refractivity contribution in [1.29, 1.82) is 0 Å². The molecule has 0 fully saturated rings. The zero-order chi connectivity index (χ0) is 11.7. The van der Waals surface area contributed by atoms with Gasteiger partial charge >= 0.3 is 0 Å². The third-order valence-electron chi connectivity index (χ3n) is 1.84. The largest absolute Gasteiger partial charge is 0.298 e. The second kappa shape index (κ2) is 4.01. The van der Waals surface area contributed by atoms with Gasteiger partial charge in [0.25, 0.3) is 0 Å². The van der Waals surface area contributed by atoms with E-state index < -0.39 is 11.9 Å². The number of aryl methyl sites for hydroxylation is 1. The number of hydrogen-bond donors (Lipinski definition) is 0. The molecule has 2 aromatic rings. The molecule has 0 unspecified atom stereocenters. The summed E-state index contributed by atoms with van der Waals surface area (Å²) in [6, 6.07) is 1.07. The van der Waals surface area contributed by atoms with Gasteiger partial charge in [-0.3, -0.25) is 4.79 Å². The van der Waals surface area contributed by atoms with Gasteiger partial charge in [0.15, 0.2) is 11.3 Å². The van der Waals surface area contributed by atoms with Crippen molar-refractivity contribution in [3.63, 3.8) is 0 Å². The molecule has 0 aromatic carbocycles. The highest BCUT2D eigenvalue weighted by Crippen LogP contribution is 2.26. The first-order chi connectivity index (χ1) is 7.61. The summed E-state index contributed by atoms with van der Waals surface area (Å²) in [7, 11) is 0. The van der Waals surface area contributed by atoms with E-state index in [4.69, 9.17) is 0 Å². The van der Waals surface area contributed by atoms with Gasteiger partial charge in [0.05, 0.1) is 11.1 Å². The van der Waals surface area contributed by atoms with Crippen molar-refractivity contribution >= 4 is 17.6 Å². The van der Waals surface area contributed by atoms with Gasteiger partial charge in [-0.1, -0.05) is 11.3 Å². The second-order valence-electron chi connectivity index (χ2n) is 2.95. The lowest BCUT2D eigenvalue weighted by Gasteiger charge is -1.99. The van der Waals surface area contributed by atoms with E-state index in [1.165, 1.54) is 0 Å². The van der Waals surface area contributed by atoms with Crippen LogP contribution >= 0.6 is 11.3 Å². The zero-order valence-electron chi connectivity index (χ0n) is 8.07. The topological polar surface area (TPSA) is 55.7 Å². The third kappa shape index (κ3) is 1.81. The Morgan fingerprint density at radius 2 is 2.06 bits per heavy atom. The maximum Gasteiger partial charge on any atom is 0.226 e. The Bertz CT molecular complexity index is 556. The predicted octanol–water partition coefficient (Wildman–Crippen LogP) is 2.00. The molecular formula is C9H5F2N3OS. The van der Waals surface area contributed by atoms with Crippen molar-refractivity contribution in [2.24, 2.45) is 0 Å². The van der Waals surface area contributed by atoms with Crippen LogP contribution in [-0.2, 0) is 0 Å². The molecule has 0 bridgehead atoms. The van der Waals surface area contributed by atoms with Crippen molar-refractivity contribution in [2.75, 3.05) is 0 Å². The molecule has 0 spiro atoms. The molecule has 4 nitrogen and oxygen atoms in total. The van der Waals surface area contributed by atoms with Gasteiger partial charge < -0.3 is 0 Å². The molecule has 0 aliphatic rings. The first-order valence-electron chi connectivity index (χ1n) is 4.23. The molecular weight excluding hydrogens is 236 g/mol. The van der Waals surface area contributed by atoms with Crippen LogP contribution in [0.4, 0.5) is 8.78 Å². The molecule has 2 rings (SSSR count). The van der Waals surface area contributed by atoms with Crippen LogP contribution in [0.5, 0.6) is 0 Å². The predicted molar refractivity (Wildman–Crippen MR) is 53.2 cm³/mol. The highest BCUT2D eigenvalue weighted by molar-refractivity contribution is 7.14. The summed E-state index contributed by atoms with van der Waals surface area (Å²) in [5.74, 6) is -2.13. The number of carbonyl (C=O) groups is 1. The van der Waals surface area contributed by atoms with Crippen LogP contribution in [0, 0.1) is 18.8 Å². The minimum Gasteiger partial charge on any atom is -0.298 e. The Morgan fingerprint density at radius 1 is 1.31 bits per heavy atom. The van der Waals surface area contributed by atoms with Crippen molar-refractivity contribution in [3.05, 3.63) is 28.5 Å². The monoisotopic (exact) mass is 241 g/mol. The van der Waals surface area contributed by atoms with E-state index >= 15 is 0 Å². The fraction of sp³-hybridized carbons (Fsp3) is 0.111.